The number of Topliss-reactive ketones (excluding diaryl/α,β-unsaturated/α-hetero) is 1. The van der Waals surface area contributed by atoms with E-state index in [1.165, 1.54) is 6.92 Å². The summed E-state index contributed by atoms with van der Waals surface area (Å²) in [7, 11) is 0. The molecule has 8 heteroatoms. The molecular weight excluding hydrogens is 275 g/mol. The third kappa shape index (κ3) is 4.72. The molecule has 0 aliphatic carbocycles. The number of ketones is 1. The summed E-state index contributed by atoms with van der Waals surface area (Å²) in [4.78, 5) is 11.4. The lowest BCUT2D eigenvalue weighted by Gasteiger charge is -2.13. The summed E-state index contributed by atoms with van der Waals surface area (Å²) in [5.74, 6) is -1.92. The fourth-order valence-electron chi connectivity index (χ4n) is 1.31. The minimum Gasteiger partial charge on any atom is -0.434 e. The van der Waals surface area contributed by atoms with Gasteiger partial charge in [0, 0.05) is 12.5 Å². The topological polar surface area (TPSA) is 35.5 Å². The highest BCUT2D eigenvalue weighted by atomic mass is 19.4. The summed E-state index contributed by atoms with van der Waals surface area (Å²) in [5, 5.41) is 0. The van der Waals surface area contributed by atoms with E-state index in [1.54, 1.807) is 0 Å². The first-order valence-corrected chi connectivity index (χ1v) is 5.10. The van der Waals surface area contributed by atoms with E-state index in [1.807, 2.05) is 0 Å². The maximum absolute atomic E-state index is 12.1. The molecule has 0 fully saturated rings. The van der Waals surface area contributed by atoms with Crippen LogP contribution in [0.15, 0.2) is 18.2 Å². The van der Waals surface area contributed by atoms with Crippen molar-refractivity contribution in [2.75, 3.05) is 0 Å². The Morgan fingerprint density at radius 1 is 1.32 bits per heavy atom. The Kier molecular flexibility index (Phi) is 4.68. The highest BCUT2D eigenvalue weighted by molar-refractivity contribution is 5.98. The molecule has 106 valence electrons. The van der Waals surface area contributed by atoms with Crippen LogP contribution in [0, 0.1) is 0 Å². The van der Waals surface area contributed by atoms with Crippen LogP contribution in [0.5, 0.6) is 11.5 Å². The van der Waals surface area contributed by atoms with Gasteiger partial charge in [-0.3, -0.25) is 4.79 Å². The van der Waals surface area contributed by atoms with Crippen molar-refractivity contribution in [1.82, 2.24) is 0 Å². The highest BCUT2D eigenvalue weighted by Gasteiger charge is 2.31. The largest absolute Gasteiger partial charge is 0.573 e. The van der Waals surface area contributed by atoms with Gasteiger partial charge in [0.25, 0.3) is 0 Å². The van der Waals surface area contributed by atoms with Gasteiger partial charge < -0.3 is 9.47 Å². The van der Waals surface area contributed by atoms with Crippen LogP contribution in [0.25, 0.3) is 0 Å². The van der Waals surface area contributed by atoms with Crippen molar-refractivity contribution < 1.29 is 36.2 Å². The third-order valence-corrected chi connectivity index (χ3v) is 2.02. The van der Waals surface area contributed by atoms with E-state index in [2.05, 4.69) is 9.47 Å². The molecule has 0 spiro atoms. The van der Waals surface area contributed by atoms with Gasteiger partial charge in [0.2, 0.25) is 0 Å². The van der Waals surface area contributed by atoms with Crippen LogP contribution in [0.3, 0.4) is 0 Å². The fourth-order valence-corrected chi connectivity index (χ4v) is 1.31. The highest BCUT2D eigenvalue weighted by Crippen LogP contribution is 2.30. The van der Waals surface area contributed by atoms with Crippen LogP contribution >= 0.6 is 0 Å². The molecule has 1 rings (SSSR count). The van der Waals surface area contributed by atoms with Gasteiger partial charge in [-0.25, -0.2) is 0 Å². The van der Waals surface area contributed by atoms with Gasteiger partial charge in [-0.05, 0) is 12.1 Å². The molecule has 0 amide bonds. The second kappa shape index (κ2) is 5.85. The van der Waals surface area contributed by atoms with Gasteiger partial charge in [-0.15, -0.1) is 13.2 Å². The van der Waals surface area contributed by atoms with Crippen LogP contribution in [0.1, 0.15) is 23.7 Å². The summed E-state index contributed by atoms with van der Waals surface area (Å²) in [5.41, 5.74) is -0.225. The van der Waals surface area contributed by atoms with Crippen LogP contribution in [-0.2, 0) is 0 Å². The minimum atomic E-state index is -4.96. The molecule has 19 heavy (non-hydrogen) atoms. The van der Waals surface area contributed by atoms with Crippen molar-refractivity contribution in [2.45, 2.75) is 26.3 Å². The van der Waals surface area contributed by atoms with Crippen molar-refractivity contribution in [3.63, 3.8) is 0 Å². The molecule has 0 saturated heterocycles. The first-order chi connectivity index (χ1) is 8.73. The Bertz CT molecular complexity index is 456. The van der Waals surface area contributed by atoms with E-state index in [9.17, 15) is 26.7 Å². The van der Waals surface area contributed by atoms with Crippen molar-refractivity contribution >= 4 is 5.78 Å². The van der Waals surface area contributed by atoms with Crippen LogP contribution in [-0.4, -0.2) is 18.8 Å². The zero-order valence-electron chi connectivity index (χ0n) is 9.63. The normalized spacial score (nSPS) is 11.5. The zero-order chi connectivity index (χ0) is 14.6. The number of ether oxygens (including phenoxy) is 2. The number of halogens is 5. The Morgan fingerprint density at radius 3 is 2.42 bits per heavy atom. The number of carbonyl (C=O) groups is 1. The van der Waals surface area contributed by atoms with Crippen molar-refractivity contribution in [3.05, 3.63) is 23.8 Å². The lowest BCUT2D eigenvalue weighted by Crippen LogP contribution is -2.17. The average Bonchev–Trinajstić information content (AvgIpc) is 2.25. The summed E-state index contributed by atoms with van der Waals surface area (Å²) in [6, 6.07) is 2.40. The number of hydrogen-bond donors (Lipinski definition) is 0. The third-order valence-electron chi connectivity index (χ3n) is 2.02. The SMILES string of the molecule is CCC(=O)c1ccc(OC(F)(F)F)cc1OC(F)F. The maximum Gasteiger partial charge on any atom is 0.573 e. The van der Waals surface area contributed by atoms with Crippen LogP contribution in [0.4, 0.5) is 22.0 Å². The predicted molar refractivity (Wildman–Crippen MR) is 54.4 cm³/mol. The summed E-state index contributed by atoms with van der Waals surface area (Å²) < 4.78 is 67.8. The van der Waals surface area contributed by atoms with Crippen molar-refractivity contribution in [3.8, 4) is 11.5 Å². The Hall–Kier alpha value is -1.86. The number of benzene rings is 1. The second-order valence-electron chi connectivity index (χ2n) is 3.36. The van der Waals surface area contributed by atoms with Gasteiger partial charge in [-0.1, -0.05) is 6.92 Å². The molecule has 0 saturated carbocycles. The Labute approximate surface area is 104 Å². The minimum absolute atomic E-state index is 0.000920. The second-order valence-corrected chi connectivity index (χ2v) is 3.36. The molecule has 0 unspecified atom stereocenters. The number of carbonyl (C=O) groups excluding carboxylic acids is 1. The molecule has 0 aliphatic heterocycles. The molecule has 0 heterocycles. The lowest BCUT2D eigenvalue weighted by molar-refractivity contribution is -0.274. The van der Waals surface area contributed by atoms with E-state index in [0.29, 0.717) is 6.07 Å². The molecule has 0 bridgehead atoms. The van der Waals surface area contributed by atoms with Crippen LogP contribution in [0.2, 0.25) is 0 Å². The van der Waals surface area contributed by atoms with E-state index in [-0.39, 0.29) is 12.0 Å². The van der Waals surface area contributed by atoms with Crippen molar-refractivity contribution in [2.24, 2.45) is 0 Å². The van der Waals surface area contributed by atoms with Gasteiger partial charge >= 0.3 is 13.0 Å². The van der Waals surface area contributed by atoms with Gasteiger partial charge in [0.1, 0.15) is 11.5 Å². The molecule has 3 nitrogen and oxygen atoms in total. The summed E-state index contributed by atoms with van der Waals surface area (Å²) in [6.45, 7) is -1.78. The number of rotatable bonds is 5. The molecular formula is C11H9F5O3. The number of alkyl halides is 5. The lowest BCUT2D eigenvalue weighted by atomic mass is 10.1. The van der Waals surface area contributed by atoms with E-state index >= 15 is 0 Å². The molecule has 0 aliphatic rings. The van der Waals surface area contributed by atoms with Gasteiger partial charge in [0.15, 0.2) is 5.78 Å². The van der Waals surface area contributed by atoms with E-state index in [4.69, 9.17) is 0 Å². The van der Waals surface area contributed by atoms with E-state index in [0.717, 1.165) is 12.1 Å². The zero-order valence-corrected chi connectivity index (χ0v) is 9.63. The van der Waals surface area contributed by atoms with E-state index < -0.39 is 30.3 Å². The summed E-state index contributed by atoms with van der Waals surface area (Å²) >= 11 is 0. The first kappa shape index (κ1) is 15.2. The molecule has 1 aromatic carbocycles. The Balaban J connectivity index is 3.11. The summed E-state index contributed by atoms with van der Waals surface area (Å²) in [6.07, 6.45) is -4.96. The smallest absolute Gasteiger partial charge is 0.434 e. The molecule has 0 radical (unpaired) electrons. The van der Waals surface area contributed by atoms with Gasteiger partial charge in [-0.2, -0.15) is 8.78 Å². The van der Waals surface area contributed by atoms with Crippen LogP contribution < -0.4 is 9.47 Å². The molecule has 1 aromatic rings. The average molecular weight is 284 g/mol. The maximum atomic E-state index is 12.1. The standard InChI is InChI=1S/C11H9F5O3/c1-2-8(17)7-4-3-6(19-11(14,15)16)5-9(7)18-10(12)13/h3-5,10H,2H2,1H3. The van der Waals surface area contributed by atoms with Gasteiger partial charge in [0.05, 0.1) is 5.56 Å². The predicted octanol–water partition coefficient (Wildman–Crippen LogP) is 3.78. The molecule has 0 aromatic heterocycles. The Morgan fingerprint density at radius 2 is 1.95 bits per heavy atom. The van der Waals surface area contributed by atoms with Crippen molar-refractivity contribution in [1.29, 1.82) is 0 Å². The number of hydrogen-bond acceptors (Lipinski definition) is 3. The fraction of sp³-hybridized carbons (Fsp3) is 0.364. The first-order valence-electron chi connectivity index (χ1n) is 5.10. The molecule has 0 N–H and O–H groups in total. The monoisotopic (exact) mass is 284 g/mol. The quantitative estimate of drug-likeness (QED) is 0.609. The molecule has 0 atom stereocenters.